The Kier molecular flexibility index (Phi) is 2.16. The summed E-state index contributed by atoms with van der Waals surface area (Å²) in [5.74, 6) is 0.638. The zero-order chi connectivity index (χ0) is 11.0. The van der Waals surface area contributed by atoms with Crippen molar-refractivity contribution in [2.75, 3.05) is 5.01 Å². The van der Waals surface area contributed by atoms with E-state index < -0.39 is 0 Å². The quantitative estimate of drug-likeness (QED) is 0.712. The number of aromatic nitrogens is 2. The number of hydrazone groups is 1. The number of hydrogen-bond donors (Lipinski definition) is 0. The van der Waals surface area contributed by atoms with Gasteiger partial charge in [-0.05, 0) is 19.3 Å². The highest BCUT2D eigenvalue weighted by atomic mass is 16.2. The predicted molar refractivity (Wildman–Crippen MR) is 58.9 cm³/mol. The lowest BCUT2D eigenvalue weighted by Gasteiger charge is -2.16. The summed E-state index contributed by atoms with van der Waals surface area (Å²) in [7, 11) is 0. The van der Waals surface area contributed by atoms with Gasteiger partial charge in [-0.15, -0.1) is 0 Å². The number of carbonyl (C=O) groups excluding carboxylic acids is 1. The minimum Gasteiger partial charge on any atom is -0.272 e. The lowest BCUT2D eigenvalue weighted by atomic mass is 9.87. The summed E-state index contributed by atoms with van der Waals surface area (Å²) in [4.78, 5) is 20.0. The summed E-state index contributed by atoms with van der Waals surface area (Å²) < 4.78 is 0. The first-order valence-corrected chi connectivity index (χ1v) is 5.53. The Morgan fingerprint density at radius 3 is 3.06 bits per heavy atom. The molecule has 1 saturated carbocycles. The number of nitrogens with zero attached hydrogens (tertiary/aromatic N) is 4. The van der Waals surface area contributed by atoms with Crippen molar-refractivity contribution >= 4 is 17.4 Å². The van der Waals surface area contributed by atoms with E-state index >= 15 is 0 Å². The van der Waals surface area contributed by atoms with Crippen LogP contribution in [0.3, 0.4) is 0 Å². The van der Waals surface area contributed by atoms with Crippen LogP contribution in [-0.2, 0) is 4.79 Å². The van der Waals surface area contributed by atoms with Gasteiger partial charge in [-0.25, -0.2) is 9.97 Å². The molecule has 1 atom stereocenters. The van der Waals surface area contributed by atoms with Gasteiger partial charge in [0.25, 0.3) is 5.91 Å². The van der Waals surface area contributed by atoms with E-state index in [9.17, 15) is 4.79 Å². The zero-order valence-electron chi connectivity index (χ0n) is 8.83. The van der Waals surface area contributed by atoms with Crippen LogP contribution in [-0.4, -0.2) is 21.6 Å². The molecule has 0 aromatic carbocycles. The molecular formula is C11H12N4O. The maximum absolute atomic E-state index is 12.1. The normalized spacial score (nSPS) is 24.2. The first-order valence-electron chi connectivity index (χ1n) is 5.53. The Labute approximate surface area is 93.2 Å². The number of fused-ring (bicyclic) bond motifs is 1. The molecule has 2 heterocycles. The van der Waals surface area contributed by atoms with Gasteiger partial charge in [-0.3, -0.25) is 4.79 Å². The van der Waals surface area contributed by atoms with Crippen molar-refractivity contribution in [1.82, 2.24) is 9.97 Å². The molecule has 2 aliphatic rings. The predicted octanol–water partition coefficient (Wildman–Crippen LogP) is 1.37. The third-order valence-corrected chi connectivity index (χ3v) is 3.10. The van der Waals surface area contributed by atoms with Gasteiger partial charge in [-0.1, -0.05) is 6.42 Å². The molecule has 1 amide bonds. The van der Waals surface area contributed by atoms with Crippen LogP contribution in [0.15, 0.2) is 23.7 Å². The van der Waals surface area contributed by atoms with Crippen LogP contribution in [0.1, 0.15) is 25.7 Å². The number of hydrogen-bond acceptors (Lipinski definition) is 4. The van der Waals surface area contributed by atoms with E-state index in [1.165, 1.54) is 11.3 Å². The van der Waals surface area contributed by atoms with Crippen molar-refractivity contribution < 1.29 is 4.79 Å². The van der Waals surface area contributed by atoms with Crippen molar-refractivity contribution in [1.29, 1.82) is 0 Å². The van der Waals surface area contributed by atoms with Gasteiger partial charge < -0.3 is 0 Å². The molecule has 82 valence electrons. The van der Waals surface area contributed by atoms with Gasteiger partial charge >= 0.3 is 0 Å². The van der Waals surface area contributed by atoms with Crippen LogP contribution in [0.25, 0.3) is 0 Å². The smallest absolute Gasteiger partial charge is 0.257 e. The van der Waals surface area contributed by atoms with Crippen LogP contribution in [0, 0.1) is 5.92 Å². The summed E-state index contributed by atoms with van der Waals surface area (Å²) >= 11 is 0. The maximum Gasteiger partial charge on any atom is 0.257 e. The molecule has 5 nitrogen and oxygen atoms in total. The molecule has 0 spiro atoms. The van der Waals surface area contributed by atoms with Gasteiger partial charge in [0.15, 0.2) is 5.82 Å². The second-order valence-corrected chi connectivity index (χ2v) is 4.11. The SMILES string of the molecule is O=C1C2CCCCC2=NN1c1ccncn1. The van der Waals surface area contributed by atoms with E-state index in [-0.39, 0.29) is 11.8 Å². The summed E-state index contributed by atoms with van der Waals surface area (Å²) in [6.07, 6.45) is 7.19. The molecule has 5 heteroatoms. The molecule has 1 unspecified atom stereocenters. The highest BCUT2D eigenvalue weighted by Gasteiger charge is 2.38. The Bertz CT molecular complexity index is 443. The minimum absolute atomic E-state index is 0.00344. The van der Waals surface area contributed by atoms with Crippen LogP contribution in [0.2, 0.25) is 0 Å². The summed E-state index contributed by atoms with van der Waals surface area (Å²) in [6, 6.07) is 1.71. The summed E-state index contributed by atoms with van der Waals surface area (Å²) in [5.41, 5.74) is 1.02. The van der Waals surface area contributed by atoms with Gasteiger partial charge in [0.05, 0.1) is 11.6 Å². The van der Waals surface area contributed by atoms with E-state index in [1.807, 2.05) is 0 Å². The molecule has 3 rings (SSSR count). The number of rotatable bonds is 1. The minimum atomic E-state index is 0.00344. The molecule has 16 heavy (non-hydrogen) atoms. The standard InChI is InChI=1S/C11H12N4O/c16-11-8-3-1-2-4-9(8)14-15(11)10-5-6-12-7-13-10/h5-8H,1-4H2. The Hall–Kier alpha value is -1.78. The van der Waals surface area contributed by atoms with Gasteiger partial charge in [-0.2, -0.15) is 10.1 Å². The van der Waals surface area contributed by atoms with Crippen molar-refractivity contribution in [3.05, 3.63) is 18.6 Å². The Morgan fingerprint density at radius 2 is 2.31 bits per heavy atom. The number of carbonyl (C=O) groups is 1. The fourth-order valence-electron chi connectivity index (χ4n) is 2.28. The summed E-state index contributed by atoms with van der Waals surface area (Å²) in [5, 5.41) is 5.80. The molecule has 0 bridgehead atoms. The van der Waals surface area contributed by atoms with Crippen molar-refractivity contribution in [3.63, 3.8) is 0 Å². The topological polar surface area (TPSA) is 58.5 Å². The van der Waals surface area contributed by atoms with E-state index in [2.05, 4.69) is 15.1 Å². The van der Waals surface area contributed by atoms with Crippen LogP contribution < -0.4 is 5.01 Å². The molecular weight excluding hydrogens is 204 g/mol. The highest BCUT2D eigenvalue weighted by Crippen LogP contribution is 2.30. The second kappa shape index (κ2) is 3.66. The van der Waals surface area contributed by atoms with Crippen molar-refractivity contribution in [2.24, 2.45) is 11.0 Å². The molecule has 1 aliphatic carbocycles. The van der Waals surface area contributed by atoms with Gasteiger partial charge in [0.2, 0.25) is 0 Å². The Balaban J connectivity index is 1.93. The molecule has 0 N–H and O–H groups in total. The van der Waals surface area contributed by atoms with Crippen molar-refractivity contribution in [2.45, 2.75) is 25.7 Å². The average Bonchev–Trinajstić information content (AvgIpc) is 2.69. The fraction of sp³-hybridized carbons (Fsp3) is 0.455. The number of anilines is 1. The lowest BCUT2D eigenvalue weighted by molar-refractivity contribution is -0.120. The van der Waals surface area contributed by atoms with Crippen LogP contribution >= 0.6 is 0 Å². The largest absolute Gasteiger partial charge is 0.272 e. The van der Waals surface area contributed by atoms with Crippen LogP contribution in [0.5, 0.6) is 0 Å². The molecule has 1 aromatic rings. The highest BCUT2D eigenvalue weighted by molar-refractivity contribution is 6.15. The molecule has 1 fully saturated rings. The molecule has 0 radical (unpaired) electrons. The third-order valence-electron chi connectivity index (χ3n) is 3.10. The fourth-order valence-corrected chi connectivity index (χ4v) is 2.28. The third kappa shape index (κ3) is 1.39. The maximum atomic E-state index is 12.1. The first-order chi connectivity index (χ1) is 7.86. The molecule has 1 aliphatic heterocycles. The van der Waals surface area contributed by atoms with Gasteiger partial charge in [0.1, 0.15) is 6.33 Å². The zero-order valence-corrected chi connectivity index (χ0v) is 8.83. The Morgan fingerprint density at radius 1 is 1.38 bits per heavy atom. The van der Waals surface area contributed by atoms with Gasteiger partial charge in [0, 0.05) is 12.3 Å². The second-order valence-electron chi connectivity index (χ2n) is 4.11. The van der Waals surface area contributed by atoms with E-state index in [1.54, 1.807) is 12.3 Å². The van der Waals surface area contributed by atoms with E-state index in [0.717, 1.165) is 31.4 Å². The average molecular weight is 216 g/mol. The van der Waals surface area contributed by atoms with E-state index in [4.69, 9.17) is 0 Å². The molecule has 1 aromatic heterocycles. The first kappa shape index (κ1) is 9.45. The molecule has 0 saturated heterocycles. The van der Waals surface area contributed by atoms with Crippen LogP contribution in [0.4, 0.5) is 5.82 Å². The monoisotopic (exact) mass is 216 g/mol. The summed E-state index contributed by atoms with van der Waals surface area (Å²) in [6.45, 7) is 0. The van der Waals surface area contributed by atoms with E-state index in [0.29, 0.717) is 5.82 Å². The lowest BCUT2D eigenvalue weighted by Crippen LogP contribution is -2.29. The van der Waals surface area contributed by atoms with Crippen molar-refractivity contribution in [3.8, 4) is 0 Å². The number of amides is 1.